The number of amides is 1. The Kier molecular flexibility index (Phi) is 4.28. The Hall–Kier alpha value is -2.34. The average molecular weight is 308 g/mol. The van der Waals surface area contributed by atoms with Gasteiger partial charge in [0.15, 0.2) is 0 Å². The quantitative estimate of drug-likeness (QED) is 0.909. The van der Waals surface area contributed by atoms with E-state index in [-0.39, 0.29) is 11.3 Å². The summed E-state index contributed by atoms with van der Waals surface area (Å²) in [7, 11) is 1.66. The van der Waals surface area contributed by atoms with Crippen molar-refractivity contribution >= 4 is 29.2 Å². The van der Waals surface area contributed by atoms with Crippen LogP contribution in [0, 0.1) is 0 Å². The fourth-order valence-electron chi connectivity index (χ4n) is 1.90. The zero-order valence-electron chi connectivity index (χ0n) is 11.6. The molecule has 1 heterocycles. The van der Waals surface area contributed by atoms with E-state index in [4.69, 9.17) is 16.7 Å². The zero-order valence-corrected chi connectivity index (χ0v) is 12.3. The van der Waals surface area contributed by atoms with E-state index in [1.165, 1.54) is 22.9 Å². The van der Waals surface area contributed by atoms with Crippen molar-refractivity contribution in [2.75, 3.05) is 5.32 Å². The van der Waals surface area contributed by atoms with Gasteiger partial charge in [0.2, 0.25) is 0 Å². The summed E-state index contributed by atoms with van der Waals surface area (Å²) in [6.07, 6.45) is 0.711. The highest BCUT2D eigenvalue weighted by atomic mass is 35.5. The maximum absolute atomic E-state index is 12.2. The van der Waals surface area contributed by atoms with Crippen LogP contribution in [-0.4, -0.2) is 26.8 Å². The van der Waals surface area contributed by atoms with E-state index in [0.717, 1.165) is 5.69 Å². The SMILES string of the molecule is CCc1cc(C(=O)Nc2ccc(Cl)cc2C(=O)O)n(C)n1. The Labute approximate surface area is 126 Å². The number of carboxylic acids is 1. The number of carbonyl (C=O) groups is 2. The van der Waals surface area contributed by atoms with Crippen molar-refractivity contribution in [1.82, 2.24) is 9.78 Å². The van der Waals surface area contributed by atoms with Crippen molar-refractivity contribution in [3.05, 3.63) is 46.2 Å². The van der Waals surface area contributed by atoms with E-state index in [1.807, 2.05) is 6.92 Å². The van der Waals surface area contributed by atoms with Crippen LogP contribution in [0.25, 0.3) is 0 Å². The van der Waals surface area contributed by atoms with Crippen molar-refractivity contribution in [2.45, 2.75) is 13.3 Å². The Morgan fingerprint density at radius 3 is 2.67 bits per heavy atom. The number of carboxylic acid groups (broad SMARTS) is 1. The van der Waals surface area contributed by atoms with Crippen LogP contribution in [0.4, 0.5) is 5.69 Å². The van der Waals surface area contributed by atoms with Crippen LogP contribution in [0.2, 0.25) is 5.02 Å². The van der Waals surface area contributed by atoms with Crippen molar-refractivity contribution in [3.8, 4) is 0 Å². The summed E-state index contributed by atoms with van der Waals surface area (Å²) in [5, 5.41) is 16.2. The van der Waals surface area contributed by atoms with Crippen LogP contribution in [0.3, 0.4) is 0 Å². The minimum Gasteiger partial charge on any atom is -0.478 e. The Bertz CT molecular complexity index is 709. The molecule has 2 N–H and O–H groups in total. The summed E-state index contributed by atoms with van der Waals surface area (Å²) in [5.41, 5.74) is 1.28. The number of rotatable bonds is 4. The van der Waals surface area contributed by atoms with Gasteiger partial charge in [0, 0.05) is 12.1 Å². The van der Waals surface area contributed by atoms with E-state index in [1.54, 1.807) is 13.1 Å². The lowest BCUT2D eigenvalue weighted by molar-refractivity contribution is 0.0698. The number of nitrogens with one attached hydrogen (secondary N) is 1. The van der Waals surface area contributed by atoms with Gasteiger partial charge >= 0.3 is 5.97 Å². The second-order valence-corrected chi connectivity index (χ2v) is 4.88. The average Bonchev–Trinajstić information content (AvgIpc) is 2.82. The van der Waals surface area contributed by atoms with Crippen LogP contribution in [0.15, 0.2) is 24.3 Å². The molecule has 1 amide bonds. The minimum absolute atomic E-state index is 0.0614. The number of halogens is 1. The molecule has 1 aromatic heterocycles. The molecule has 0 aliphatic rings. The molecule has 0 aliphatic heterocycles. The highest BCUT2D eigenvalue weighted by Gasteiger charge is 2.17. The lowest BCUT2D eigenvalue weighted by Crippen LogP contribution is -2.18. The molecule has 0 unspecified atom stereocenters. The molecule has 0 spiro atoms. The van der Waals surface area contributed by atoms with Crippen molar-refractivity contribution in [1.29, 1.82) is 0 Å². The van der Waals surface area contributed by atoms with Crippen LogP contribution < -0.4 is 5.32 Å². The lowest BCUT2D eigenvalue weighted by Gasteiger charge is -2.08. The molecule has 2 rings (SSSR count). The van der Waals surface area contributed by atoms with Gasteiger partial charge in [0.25, 0.3) is 5.91 Å². The first-order chi connectivity index (χ1) is 9.92. The van der Waals surface area contributed by atoms with Crippen LogP contribution in [0.5, 0.6) is 0 Å². The van der Waals surface area contributed by atoms with Gasteiger partial charge in [-0.1, -0.05) is 18.5 Å². The van der Waals surface area contributed by atoms with Crippen molar-refractivity contribution < 1.29 is 14.7 Å². The number of hydrogen-bond acceptors (Lipinski definition) is 3. The van der Waals surface area contributed by atoms with Gasteiger partial charge in [-0.05, 0) is 30.7 Å². The standard InChI is InChI=1S/C14H14ClN3O3/c1-3-9-7-12(18(2)17-9)13(19)16-11-5-4-8(15)6-10(11)14(20)21/h4-7H,3H2,1-2H3,(H,16,19)(H,20,21). The molecular formula is C14H14ClN3O3. The summed E-state index contributed by atoms with van der Waals surface area (Å²) >= 11 is 5.77. The predicted molar refractivity (Wildman–Crippen MR) is 79.0 cm³/mol. The molecule has 1 aromatic carbocycles. The first kappa shape index (κ1) is 15.1. The third-order valence-corrected chi connectivity index (χ3v) is 3.22. The molecular weight excluding hydrogens is 294 g/mol. The number of aromatic carboxylic acids is 1. The molecule has 6 nitrogen and oxygen atoms in total. The molecule has 0 fully saturated rings. The fraction of sp³-hybridized carbons (Fsp3) is 0.214. The molecule has 7 heteroatoms. The number of aryl methyl sites for hydroxylation is 2. The highest BCUT2D eigenvalue weighted by molar-refractivity contribution is 6.31. The third-order valence-electron chi connectivity index (χ3n) is 2.99. The monoisotopic (exact) mass is 307 g/mol. The molecule has 0 aliphatic carbocycles. The number of hydrogen-bond donors (Lipinski definition) is 2. The maximum atomic E-state index is 12.2. The second kappa shape index (κ2) is 5.97. The Morgan fingerprint density at radius 2 is 2.10 bits per heavy atom. The molecule has 0 saturated carbocycles. The van der Waals surface area contributed by atoms with Crippen LogP contribution in [0.1, 0.15) is 33.5 Å². The van der Waals surface area contributed by atoms with Crippen molar-refractivity contribution in [3.63, 3.8) is 0 Å². The maximum Gasteiger partial charge on any atom is 0.337 e. The van der Waals surface area contributed by atoms with Gasteiger partial charge in [-0.3, -0.25) is 9.48 Å². The van der Waals surface area contributed by atoms with Gasteiger partial charge in [-0.25, -0.2) is 4.79 Å². The number of carbonyl (C=O) groups excluding carboxylic acids is 1. The molecule has 21 heavy (non-hydrogen) atoms. The minimum atomic E-state index is -1.16. The molecule has 0 atom stereocenters. The first-order valence-corrected chi connectivity index (χ1v) is 6.67. The van der Waals surface area contributed by atoms with Gasteiger partial charge in [0.1, 0.15) is 5.69 Å². The normalized spacial score (nSPS) is 10.4. The third kappa shape index (κ3) is 3.22. The van der Waals surface area contributed by atoms with E-state index >= 15 is 0 Å². The van der Waals surface area contributed by atoms with Crippen molar-refractivity contribution in [2.24, 2.45) is 7.05 Å². The molecule has 0 radical (unpaired) electrons. The summed E-state index contributed by atoms with van der Waals surface area (Å²) in [4.78, 5) is 23.4. The summed E-state index contributed by atoms with van der Waals surface area (Å²) in [6, 6.07) is 5.94. The molecule has 110 valence electrons. The molecule has 0 saturated heterocycles. The number of benzene rings is 1. The van der Waals surface area contributed by atoms with Gasteiger partial charge in [-0.2, -0.15) is 5.10 Å². The van der Waals surface area contributed by atoms with E-state index < -0.39 is 11.9 Å². The fourth-order valence-corrected chi connectivity index (χ4v) is 2.07. The van der Waals surface area contributed by atoms with Crippen LogP contribution >= 0.6 is 11.6 Å². The molecule has 2 aromatic rings. The van der Waals surface area contributed by atoms with E-state index in [0.29, 0.717) is 17.1 Å². The summed E-state index contributed by atoms with van der Waals surface area (Å²) < 4.78 is 1.46. The number of anilines is 1. The van der Waals surface area contributed by atoms with Gasteiger partial charge < -0.3 is 10.4 Å². The first-order valence-electron chi connectivity index (χ1n) is 6.29. The largest absolute Gasteiger partial charge is 0.478 e. The van der Waals surface area contributed by atoms with Gasteiger partial charge in [-0.15, -0.1) is 0 Å². The number of aromatic nitrogens is 2. The Morgan fingerprint density at radius 1 is 1.38 bits per heavy atom. The summed E-state index contributed by atoms with van der Waals surface area (Å²) in [5.74, 6) is -1.58. The zero-order chi connectivity index (χ0) is 15.6. The van der Waals surface area contributed by atoms with Crippen LogP contribution in [-0.2, 0) is 13.5 Å². The highest BCUT2D eigenvalue weighted by Crippen LogP contribution is 2.21. The lowest BCUT2D eigenvalue weighted by atomic mass is 10.1. The predicted octanol–water partition coefficient (Wildman–Crippen LogP) is 2.59. The smallest absolute Gasteiger partial charge is 0.337 e. The Balaban J connectivity index is 2.31. The number of nitrogens with zero attached hydrogens (tertiary/aromatic N) is 2. The van der Waals surface area contributed by atoms with Gasteiger partial charge in [0.05, 0.1) is 16.9 Å². The second-order valence-electron chi connectivity index (χ2n) is 4.45. The summed E-state index contributed by atoms with van der Waals surface area (Å²) in [6.45, 7) is 1.94. The van der Waals surface area contributed by atoms with E-state index in [2.05, 4.69) is 10.4 Å². The topological polar surface area (TPSA) is 84.2 Å². The molecule has 0 bridgehead atoms. The van der Waals surface area contributed by atoms with E-state index in [9.17, 15) is 9.59 Å².